The van der Waals surface area contributed by atoms with E-state index in [1.807, 2.05) is 0 Å². The summed E-state index contributed by atoms with van der Waals surface area (Å²) in [6, 6.07) is -0.400. The van der Waals surface area contributed by atoms with Crippen molar-refractivity contribution in [3.8, 4) is 0 Å². The first-order chi connectivity index (χ1) is 7.22. The van der Waals surface area contributed by atoms with Crippen molar-refractivity contribution in [2.24, 2.45) is 0 Å². The van der Waals surface area contributed by atoms with Crippen molar-refractivity contribution in [3.05, 3.63) is 0 Å². The predicted octanol–water partition coefficient (Wildman–Crippen LogP) is 0.620. The Bertz CT molecular complexity index is 227. The SMILES string of the molecule is O=C(CCl)NC(=O)NC1CCCOCC1. The number of rotatable bonds is 2. The Balaban J connectivity index is 2.26. The monoisotopic (exact) mass is 234 g/mol. The highest BCUT2D eigenvalue weighted by molar-refractivity contribution is 6.28. The molecule has 1 heterocycles. The lowest BCUT2D eigenvalue weighted by molar-refractivity contribution is -0.117. The molecule has 0 aliphatic carbocycles. The Morgan fingerprint density at radius 3 is 2.87 bits per heavy atom. The van der Waals surface area contributed by atoms with Crippen LogP contribution in [0.4, 0.5) is 4.79 Å². The molecule has 0 bridgehead atoms. The van der Waals surface area contributed by atoms with Gasteiger partial charge in [-0.3, -0.25) is 10.1 Å². The number of hydrogen-bond donors (Lipinski definition) is 2. The molecule has 1 rings (SSSR count). The number of nitrogens with one attached hydrogen (secondary N) is 2. The van der Waals surface area contributed by atoms with Crippen LogP contribution in [0.15, 0.2) is 0 Å². The van der Waals surface area contributed by atoms with Gasteiger partial charge in [-0.05, 0) is 19.3 Å². The van der Waals surface area contributed by atoms with E-state index in [0.717, 1.165) is 25.9 Å². The summed E-state index contributed by atoms with van der Waals surface area (Å²) in [4.78, 5) is 22.1. The van der Waals surface area contributed by atoms with Crippen molar-refractivity contribution in [3.63, 3.8) is 0 Å². The lowest BCUT2D eigenvalue weighted by Crippen LogP contribution is -2.45. The van der Waals surface area contributed by atoms with Crippen LogP contribution >= 0.6 is 11.6 Å². The highest BCUT2D eigenvalue weighted by Gasteiger charge is 2.15. The Morgan fingerprint density at radius 2 is 2.13 bits per heavy atom. The fraction of sp³-hybridized carbons (Fsp3) is 0.778. The summed E-state index contributed by atoms with van der Waals surface area (Å²) in [5, 5.41) is 4.85. The van der Waals surface area contributed by atoms with E-state index >= 15 is 0 Å². The third kappa shape index (κ3) is 4.99. The number of amides is 3. The number of carbonyl (C=O) groups is 2. The lowest BCUT2D eigenvalue weighted by atomic mass is 10.1. The van der Waals surface area contributed by atoms with E-state index < -0.39 is 11.9 Å². The average Bonchev–Trinajstić information content (AvgIpc) is 2.46. The molecule has 1 atom stereocenters. The number of alkyl halides is 1. The van der Waals surface area contributed by atoms with Crippen LogP contribution in [0.3, 0.4) is 0 Å². The first-order valence-corrected chi connectivity index (χ1v) is 5.50. The zero-order chi connectivity index (χ0) is 11.1. The summed E-state index contributed by atoms with van der Waals surface area (Å²) in [6.07, 6.45) is 2.58. The van der Waals surface area contributed by atoms with Crippen LogP contribution in [-0.4, -0.2) is 37.1 Å². The van der Waals surface area contributed by atoms with Crippen LogP contribution in [-0.2, 0) is 9.53 Å². The Kier molecular flexibility index (Phi) is 5.42. The van der Waals surface area contributed by atoms with Gasteiger partial charge in [0, 0.05) is 19.3 Å². The smallest absolute Gasteiger partial charge is 0.321 e. The second-order valence-corrected chi connectivity index (χ2v) is 3.66. The fourth-order valence-electron chi connectivity index (χ4n) is 1.43. The van der Waals surface area contributed by atoms with Crippen LogP contribution in [0.5, 0.6) is 0 Å². The molecule has 1 aliphatic rings. The highest BCUT2D eigenvalue weighted by atomic mass is 35.5. The molecule has 0 spiro atoms. The van der Waals surface area contributed by atoms with E-state index in [1.54, 1.807) is 0 Å². The molecule has 3 amide bonds. The molecule has 15 heavy (non-hydrogen) atoms. The summed E-state index contributed by atoms with van der Waals surface area (Å²) >= 11 is 5.25. The molecule has 2 N–H and O–H groups in total. The van der Waals surface area contributed by atoms with Gasteiger partial charge in [0.25, 0.3) is 0 Å². The minimum atomic E-state index is -0.487. The molecule has 1 saturated heterocycles. The zero-order valence-electron chi connectivity index (χ0n) is 8.42. The van der Waals surface area contributed by atoms with Gasteiger partial charge in [-0.15, -0.1) is 11.6 Å². The quantitative estimate of drug-likeness (QED) is 0.689. The number of imide groups is 1. The molecule has 0 aromatic heterocycles. The number of ether oxygens (including phenoxy) is 1. The Hall–Kier alpha value is -0.810. The highest BCUT2D eigenvalue weighted by Crippen LogP contribution is 2.07. The summed E-state index contributed by atoms with van der Waals surface area (Å²) in [7, 11) is 0. The van der Waals surface area contributed by atoms with Crippen LogP contribution in [0.25, 0.3) is 0 Å². The lowest BCUT2D eigenvalue weighted by Gasteiger charge is -2.15. The molecule has 86 valence electrons. The molecular formula is C9H15ClN2O3. The maximum atomic E-state index is 11.3. The van der Waals surface area contributed by atoms with E-state index in [-0.39, 0.29) is 11.9 Å². The number of carbonyl (C=O) groups excluding carboxylic acids is 2. The second-order valence-electron chi connectivity index (χ2n) is 3.40. The van der Waals surface area contributed by atoms with Crippen LogP contribution < -0.4 is 10.6 Å². The topological polar surface area (TPSA) is 67.4 Å². The van der Waals surface area contributed by atoms with Gasteiger partial charge < -0.3 is 10.1 Å². The third-order valence-corrected chi connectivity index (χ3v) is 2.40. The number of hydrogen-bond acceptors (Lipinski definition) is 3. The van der Waals surface area contributed by atoms with Gasteiger partial charge in [-0.25, -0.2) is 4.79 Å². The Labute approximate surface area is 93.5 Å². The van der Waals surface area contributed by atoms with Crippen molar-refractivity contribution in [2.75, 3.05) is 19.1 Å². The molecule has 0 radical (unpaired) electrons. The van der Waals surface area contributed by atoms with E-state index in [2.05, 4.69) is 10.6 Å². The molecule has 1 fully saturated rings. The first-order valence-electron chi connectivity index (χ1n) is 4.96. The van der Waals surface area contributed by atoms with Crippen molar-refractivity contribution < 1.29 is 14.3 Å². The molecule has 0 aromatic rings. The van der Waals surface area contributed by atoms with Crippen molar-refractivity contribution in [1.29, 1.82) is 0 Å². The van der Waals surface area contributed by atoms with Crippen molar-refractivity contribution in [1.82, 2.24) is 10.6 Å². The number of halogens is 1. The molecule has 5 nitrogen and oxygen atoms in total. The standard InChI is InChI=1S/C9H15ClN2O3/c10-6-8(13)12-9(14)11-7-2-1-4-15-5-3-7/h7H,1-6H2,(H2,11,12,13,14). The van der Waals surface area contributed by atoms with E-state index in [1.165, 1.54) is 0 Å². The molecule has 0 saturated carbocycles. The maximum Gasteiger partial charge on any atom is 0.321 e. The summed E-state index contributed by atoms with van der Waals surface area (Å²) < 4.78 is 5.25. The minimum Gasteiger partial charge on any atom is -0.381 e. The van der Waals surface area contributed by atoms with Gasteiger partial charge >= 0.3 is 6.03 Å². The van der Waals surface area contributed by atoms with Gasteiger partial charge in [0.1, 0.15) is 5.88 Å². The van der Waals surface area contributed by atoms with Gasteiger partial charge in [-0.1, -0.05) is 0 Å². The van der Waals surface area contributed by atoms with Gasteiger partial charge in [-0.2, -0.15) is 0 Å². The van der Waals surface area contributed by atoms with Crippen LogP contribution in [0, 0.1) is 0 Å². The van der Waals surface area contributed by atoms with Gasteiger partial charge in [0.2, 0.25) is 5.91 Å². The average molecular weight is 235 g/mol. The van der Waals surface area contributed by atoms with Gasteiger partial charge in [0.05, 0.1) is 0 Å². The van der Waals surface area contributed by atoms with Crippen molar-refractivity contribution >= 4 is 23.5 Å². The third-order valence-electron chi connectivity index (χ3n) is 2.16. The first kappa shape index (κ1) is 12.3. The molecular weight excluding hydrogens is 220 g/mol. The predicted molar refractivity (Wildman–Crippen MR) is 55.9 cm³/mol. The van der Waals surface area contributed by atoms with Gasteiger partial charge in [0.15, 0.2) is 0 Å². The molecule has 1 aliphatic heterocycles. The fourth-order valence-corrected chi connectivity index (χ4v) is 1.50. The molecule has 1 unspecified atom stereocenters. The largest absolute Gasteiger partial charge is 0.381 e. The maximum absolute atomic E-state index is 11.3. The van der Waals surface area contributed by atoms with E-state index in [9.17, 15) is 9.59 Å². The van der Waals surface area contributed by atoms with Crippen molar-refractivity contribution in [2.45, 2.75) is 25.3 Å². The minimum absolute atomic E-state index is 0.0793. The van der Waals surface area contributed by atoms with E-state index in [4.69, 9.17) is 16.3 Å². The van der Waals surface area contributed by atoms with Crippen LogP contribution in [0.1, 0.15) is 19.3 Å². The number of urea groups is 1. The summed E-state index contributed by atoms with van der Waals surface area (Å²) in [6.45, 7) is 1.38. The second kappa shape index (κ2) is 6.63. The van der Waals surface area contributed by atoms with E-state index in [0.29, 0.717) is 6.61 Å². The van der Waals surface area contributed by atoms with Crippen LogP contribution in [0.2, 0.25) is 0 Å². The molecule has 6 heteroatoms. The molecule has 0 aromatic carbocycles. The normalized spacial score (nSPS) is 21.5. The Morgan fingerprint density at radius 1 is 1.33 bits per heavy atom. The zero-order valence-corrected chi connectivity index (χ0v) is 9.18. The summed E-state index contributed by atoms with van der Waals surface area (Å²) in [5.41, 5.74) is 0. The summed E-state index contributed by atoms with van der Waals surface area (Å²) in [5.74, 6) is -0.694.